The predicted octanol–water partition coefficient (Wildman–Crippen LogP) is 5.39. The SMILES string of the molecule is CCCCCN1C(=O)C2(COc3cc4c(cc32)OCO4)c2c(Nc3cc(C)cc(C)n3)cccc21. The molecule has 0 fully saturated rings. The minimum atomic E-state index is -0.958. The number of hydrogen-bond donors (Lipinski definition) is 1. The van der Waals surface area contributed by atoms with E-state index in [9.17, 15) is 4.79 Å². The number of carbonyl (C=O) groups is 1. The van der Waals surface area contributed by atoms with Crippen molar-refractivity contribution in [2.24, 2.45) is 0 Å². The molecular formula is C28H29N3O4. The lowest BCUT2D eigenvalue weighted by molar-refractivity contribution is -0.122. The fourth-order valence-electron chi connectivity index (χ4n) is 5.57. The van der Waals surface area contributed by atoms with E-state index in [1.54, 1.807) is 0 Å². The number of hydrogen-bond acceptors (Lipinski definition) is 6. The number of unbranched alkanes of at least 4 members (excludes halogenated alkanes) is 2. The van der Waals surface area contributed by atoms with E-state index in [4.69, 9.17) is 14.2 Å². The van der Waals surface area contributed by atoms with Crippen LogP contribution in [0.25, 0.3) is 0 Å². The van der Waals surface area contributed by atoms with Gasteiger partial charge < -0.3 is 24.4 Å². The maximum absolute atomic E-state index is 14.3. The third kappa shape index (κ3) is 3.32. The van der Waals surface area contributed by atoms with Gasteiger partial charge in [0, 0.05) is 35.1 Å². The molecule has 1 atom stereocenters. The van der Waals surface area contributed by atoms with Gasteiger partial charge in [-0.3, -0.25) is 4.79 Å². The molecule has 35 heavy (non-hydrogen) atoms. The third-order valence-corrected chi connectivity index (χ3v) is 7.09. The molecule has 6 rings (SSSR count). The van der Waals surface area contributed by atoms with Crippen LogP contribution in [0.3, 0.4) is 0 Å². The van der Waals surface area contributed by atoms with Crippen LogP contribution in [0.2, 0.25) is 0 Å². The number of anilines is 3. The van der Waals surface area contributed by atoms with E-state index in [0.717, 1.165) is 58.8 Å². The highest BCUT2D eigenvalue weighted by Gasteiger charge is 2.58. The second-order valence-electron chi connectivity index (χ2n) is 9.56. The van der Waals surface area contributed by atoms with Crippen LogP contribution in [0.15, 0.2) is 42.5 Å². The van der Waals surface area contributed by atoms with Gasteiger partial charge in [-0.05, 0) is 56.2 Å². The summed E-state index contributed by atoms with van der Waals surface area (Å²) in [5.74, 6) is 2.77. The summed E-state index contributed by atoms with van der Waals surface area (Å²) in [5, 5.41) is 3.53. The Hall–Kier alpha value is -3.74. The second-order valence-corrected chi connectivity index (χ2v) is 9.56. The molecule has 1 N–H and O–H groups in total. The maximum atomic E-state index is 14.3. The average molecular weight is 472 g/mol. The molecule has 0 radical (unpaired) electrons. The first kappa shape index (κ1) is 21.8. The monoisotopic (exact) mass is 471 g/mol. The van der Waals surface area contributed by atoms with Crippen molar-refractivity contribution < 1.29 is 19.0 Å². The molecule has 3 aromatic rings. The molecule has 1 unspecified atom stereocenters. The minimum Gasteiger partial charge on any atom is -0.491 e. The van der Waals surface area contributed by atoms with Crippen LogP contribution in [0, 0.1) is 13.8 Å². The molecule has 1 spiro atoms. The molecule has 0 saturated carbocycles. The van der Waals surface area contributed by atoms with Gasteiger partial charge in [-0.25, -0.2) is 4.98 Å². The fourth-order valence-corrected chi connectivity index (χ4v) is 5.57. The number of nitrogens with one attached hydrogen (secondary N) is 1. The van der Waals surface area contributed by atoms with Crippen LogP contribution < -0.4 is 24.4 Å². The first-order valence-electron chi connectivity index (χ1n) is 12.3. The summed E-state index contributed by atoms with van der Waals surface area (Å²) in [6.45, 7) is 7.29. The van der Waals surface area contributed by atoms with Gasteiger partial charge in [0.15, 0.2) is 11.5 Å². The second kappa shape index (κ2) is 8.18. The Morgan fingerprint density at radius 2 is 1.86 bits per heavy atom. The van der Waals surface area contributed by atoms with Crippen molar-refractivity contribution in [2.75, 3.05) is 30.2 Å². The lowest BCUT2D eigenvalue weighted by Crippen LogP contribution is -2.43. The summed E-state index contributed by atoms with van der Waals surface area (Å²) >= 11 is 0. The molecule has 0 bridgehead atoms. The normalized spacial score (nSPS) is 19.2. The summed E-state index contributed by atoms with van der Waals surface area (Å²) in [4.78, 5) is 20.9. The highest BCUT2D eigenvalue weighted by Crippen LogP contribution is 2.57. The molecule has 4 heterocycles. The van der Waals surface area contributed by atoms with Gasteiger partial charge in [0.05, 0.1) is 5.69 Å². The molecule has 180 valence electrons. The fraction of sp³-hybridized carbons (Fsp3) is 0.357. The molecule has 1 amide bonds. The zero-order chi connectivity index (χ0) is 24.2. The van der Waals surface area contributed by atoms with E-state index < -0.39 is 5.41 Å². The average Bonchev–Trinajstić information content (AvgIpc) is 3.49. The zero-order valence-corrected chi connectivity index (χ0v) is 20.3. The maximum Gasteiger partial charge on any atom is 0.245 e. The Kier molecular flexibility index (Phi) is 5.09. The van der Waals surface area contributed by atoms with Crippen molar-refractivity contribution in [3.63, 3.8) is 0 Å². The largest absolute Gasteiger partial charge is 0.491 e. The van der Waals surface area contributed by atoms with Gasteiger partial charge >= 0.3 is 0 Å². The van der Waals surface area contributed by atoms with Gasteiger partial charge in [0.25, 0.3) is 0 Å². The smallest absolute Gasteiger partial charge is 0.245 e. The summed E-state index contributed by atoms with van der Waals surface area (Å²) in [5.41, 5.74) is 4.65. The number of nitrogens with zero attached hydrogens (tertiary/aromatic N) is 2. The third-order valence-electron chi connectivity index (χ3n) is 7.09. The van der Waals surface area contributed by atoms with E-state index in [2.05, 4.69) is 24.1 Å². The highest BCUT2D eigenvalue weighted by molar-refractivity contribution is 6.13. The molecule has 2 aromatic carbocycles. The van der Waals surface area contributed by atoms with Crippen molar-refractivity contribution in [3.05, 3.63) is 64.8 Å². The molecule has 3 aliphatic rings. The van der Waals surface area contributed by atoms with Crippen molar-refractivity contribution in [3.8, 4) is 17.2 Å². The van der Waals surface area contributed by atoms with Crippen LogP contribution in [-0.4, -0.2) is 30.8 Å². The molecule has 3 aliphatic heterocycles. The Morgan fingerprint density at radius 1 is 1.03 bits per heavy atom. The van der Waals surface area contributed by atoms with Crippen molar-refractivity contribution in [1.29, 1.82) is 0 Å². The van der Waals surface area contributed by atoms with Crippen LogP contribution in [-0.2, 0) is 10.2 Å². The predicted molar refractivity (Wildman–Crippen MR) is 134 cm³/mol. The topological polar surface area (TPSA) is 72.9 Å². The lowest BCUT2D eigenvalue weighted by Gasteiger charge is -2.24. The van der Waals surface area contributed by atoms with Crippen molar-refractivity contribution in [1.82, 2.24) is 4.98 Å². The Morgan fingerprint density at radius 3 is 2.66 bits per heavy atom. The van der Waals surface area contributed by atoms with E-state index in [1.807, 2.05) is 54.3 Å². The number of amides is 1. The van der Waals surface area contributed by atoms with Crippen LogP contribution in [0.4, 0.5) is 17.2 Å². The molecule has 7 heteroatoms. The summed E-state index contributed by atoms with van der Waals surface area (Å²) < 4.78 is 17.4. The molecular weight excluding hydrogens is 442 g/mol. The zero-order valence-electron chi connectivity index (χ0n) is 20.3. The summed E-state index contributed by atoms with van der Waals surface area (Å²) in [7, 11) is 0. The molecule has 0 aliphatic carbocycles. The quantitative estimate of drug-likeness (QED) is 0.486. The first-order chi connectivity index (χ1) is 17.0. The Bertz CT molecular complexity index is 1320. The number of rotatable bonds is 6. The van der Waals surface area contributed by atoms with Crippen LogP contribution >= 0.6 is 0 Å². The first-order valence-corrected chi connectivity index (χ1v) is 12.3. The molecule has 0 saturated heterocycles. The number of benzene rings is 2. The Balaban J connectivity index is 1.52. The van der Waals surface area contributed by atoms with Crippen LogP contribution in [0.1, 0.15) is 48.6 Å². The van der Waals surface area contributed by atoms with E-state index in [0.29, 0.717) is 23.8 Å². The van der Waals surface area contributed by atoms with Gasteiger partial charge in [-0.2, -0.15) is 0 Å². The number of aryl methyl sites for hydroxylation is 2. The van der Waals surface area contributed by atoms with E-state index >= 15 is 0 Å². The number of aromatic nitrogens is 1. The van der Waals surface area contributed by atoms with Gasteiger partial charge in [-0.1, -0.05) is 25.8 Å². The standard InChI is InChI=1S/C28H29N3O4/c1-4-5-6-10-31-21-9-7-8-20(30-25-12-17(2)11-18(3)29-25)26(21)28(27(31)32)15-33-22-14-24-23(13-19(22)28)34-16-35-24/h7-9,11-14H,4-6,10,15-16H2,1-3H3,(H,29,30). The van der Waals surface area contributed by atoms with Crippen molar-refractivity contribution in [2.45, 2.75) is 45.4 Å². The highest BCUT2D eigenvalue weighted by atomic mass is 16.7. The van der Waals surface area contributed by atoms with E-state index in [1.165, 1.54) is 0 Å². The van der Waals surface area contributed by atoms with E-state index in [-0.39, 0.29) is 19.3 Å². The van der Waals surface area contributed by atoms with Crippen molar-refractivity contribution >= 4 is 23.1 Å². The number of pyridine rings is 1. The lowest BCUT2D eigenvalue weighted by atomic mass is 9.76. The van der Waals surface area contributed by atoms with Gasteiger partial charge in [-0.15, -0.1) is 0 Å². The molecule has 1 aromatic heterocycles. The van der Waals surface area contributed by atoms with Gasteiger partial charge in [0.2, 0.25) is 12.7 Å². The Labute approximate surface area is 205 Å². The molecule has 7 nitrogen and oxygen atoms in total. The number of carbonyl (C=O) groups excluding carboxylic acids is 1. The van der Waals surface area contributed by atoms with Crippen LogP contribution in [0.5, 0.6) is 17.2 Å². The number of fused-ring (bicyclic) bond motifs is 5. The summed E-state index contributed by atoms with van der Waals surface area (Å²) in [6.07, 6.45) is 3.11. The summed E-state index contributed by atoms with van der Waals surface area (Å²) in [6, 6.07) is 13.9. The van der Waals surface area contributed by atoms with Gasteiger partial charge in [0.1, 0.15) is 23.6 Å². The number of ether oxygens (including phenoxy) is 3. The minimum absolute atomic E-state index is 0.0452.